The zero-order valence-electron chi connectivity index (χ0n) is 9.37. The fraction of sp³-hybridized carbons (Fsp3) is 0.700. The minimum Gasteiger partial charge on any atom is -0.390 e. The molecule has 1 fully saturated rings. The molecule has 6 heteroatoms. The maximum Gasteiger partial charge on any atom is 0.155 e. The molecule has 1 aromatic rings. The molecule has 2 heterocycles. The van der Waals surface area contributed by atoms with Crippen molar-refractivity contribution in [1.29, 1.82) is 0 Å². The van der Waals surface area contributed by atoms with Gasteiger partial charge in [0.05, 0.1) is 29.8 Å². The third kappa shape index (κ3) is 2.12. The average molecular weight is 244 g/mol. The van der Waals surface area contributed by atoms with E-state index in [9.17, 15) is 13.5 Å². The minimum absolute atomic E-state index is 0.0205. The van der Waals surface area contributed by atoms with Gasteiger partial charge in [0.15, 0.2) is 9.84 Å². The van der Waals surface area contributed by atoms with Crippen LogP contribution in [-0.2, 0) is 9.84 Å². The second-order valence-electron chi connectivity index (χ2n) is 4.62. The van der Waals surface area contributed by atoms with Crippen LogP contribution in [0, 0.1) is 0 Å². The summed E-state index contributed by atoms with van der Waals surface area (Å²) in [6.45, 7) is 4.09. The van der Waals surface area contributed by atoms with E-state index in [0.717, 1.165) is 5.56 Å². The number of nitrogens with zero attached hydrogens (tertiary/aromatic N) is 2. The van der Waals surface area contributed by atoms with Crippen LogP contribution in [0.5, 0.6) is 0 Å². The van der Waals surface area contributed by atoms with Crippen molar-refractivity contribution in [2.75, 3.05) is 11.5 Å². The Bertz CT molecular complexity index is 478. The van der Waals surface area contributed by atoms with Gasteiger partial charge in [-0.25, -0.2) is 8.42 Å². The lowest BCUT2D eigenvalue weighted by molar-refractivity contribution is 0.146. The molecule has 1 aliphatic heterocycles. The van der Waals surface area contributed by atoms with Crippen LogP contribution >= 0.6 is 0 Å². The van der Waals surface area contributed by atoms with Crippen LogP contribution in [-0.4, -0.2) is 40.9 Å². The van der Waals surface area contributed by atoms with E-state index in [1.807, 2.05) is 20.0 Å². The topological polar surface area (TPSA) is 72.2 Å². The number of hydrogen-bond acceptors (Lipinski definition) is 4. The summed E-state index contributed by atoms with van der Waals surface area (Å²) in [6.07, 6.45) is 2.70. The van der Waals surface area contributed by atoms with E-state index in [2.05, 4.69) is 5.10 Å². The Hall–Kier alpha value is -0.880. The summed E-state index contributed by atoms with van der Waals surface area (Å²) in [4.78, 5) is 0. The van der Waals surface area contributed by atoms with Gasteiger partial charge in [0, 0.05) is 6.20 Å². The fourth-order valence-corrected chi connectivity index (χ4v) is 3.67. The summed E-state index contributed by atoms with van der Waals surface area (Å²) >= 11 is 0. The van der Waals surface area contributed by atoms with E-state index in [1.54, 1.807) is 10.9 Å². The smallest absolute Gasteiger partial charge is 0.155 e. The molecule has 0 aromatic carbocycles. The Morgan fingerprint density at radius 2 is 2.19 bits per heavy atom. The summed E-state index contributed by atoms with van der Waals surface area (Å²) in [7, 11) is -3.11. The molecule has 16 heavy (non-hydrogen) atoms. The van der Waals surface area contributed by atoms with Crippen LogP contribution in [0.15, 0.2) is 12.4 Å². The lowest BCUT2D eigenvalue weighted by Gasteiger charge is -2.12. The highest BCUT2D eigenvalue weighted by Crippen LogP contribution is 2.25. The van der Waals surface area contributed by atoms with Crippen molar-refractivity contribution < 1.29 is 13.5 Å². The van der Waals surface area contributed by atoms with Gasteiger partial charge in [-0.15, -0.1) is 0 Å². The Labute approximate surface area is 95.0 Å². The number of rotatable bonds is 2. The van der Waals surface area contributed by atoms with Gasteiger partial charge in [-0.2, -0.15) is 5.10 Å². The molecule has 1 saturated heterocycles. The number of sulfone groups is 1. The molecule has 0 bridgehead atoms. The van der Waals surface area contributed by atoms with Crippen LogP contribution in [0.2, 0.25) is 0 Å². The zero-order chi connectivity index (χ0) is 11.9. The van der Waals surface area contributed by atoms with Gasteiger partial charge >= 0.3 is 0 Å². The molecule has 90 valence electrons. The van der Waals surface area contributed by atoms with Gasteiger partial charge in [0.1, 0.15) is 0 Å². The first-order chi connectivity index (χ1) is 7.39. The zero-order valence-corrected chi connectivity index (χ0v) is 10.2. The molecule has 1 aliphatic rings. The number of aliphatic hydroxyl groups excluding tert-OH is 1. The molecular formula is C10H16N2O3S. The van der Waals surface area contributed by atoms with Gasteiger partial charge in [-0.05, 0) is 11.5 Å². The van der Waals surface area contributed by atoms with E-state index in [4.69, 9.17) is 0 Å². The highest BCUT2D eigenvalue weighted by molar-refractivity contribution is 7.91. The minimum atomic E-state index is -3.11. The summed E-state index contributed by atoms with van der Waals surface area (Å²) in [5, 5.41) is 13.8. The monoisotopic (exact) mass is 244 g/mol. The largest absolute Gasteiger partial charge is 0.390 e. The number of hydrogen-bond donors (Lipinski definition) is 1. The van der Waals surface area contributed by atoms with Crippen molar-refractivity contribution >= 4 is 9.84 Å². The maximum atomic E-state index is 11.4. The van der Waals surface area contributed by atoms with Crippen molar-refractivity contribution in [3.63, 3.8) is 0 Å². The number of aromatic nitrogens is 2. The fourth-order valence-electron chi connectivity index (χ4n) is 1.90. The first kappa shape index (κ1) is 11.6. The van der Waals surface area contributed by atoms with Crippen molar-refractivity contribution in [2.24, 2.45) is 0 Å². The van der Waals surface area contributed by atoms with Gasteiger partial charge < -0.3 is 5.11 Å². The molecular weight excluding hydrogens is 228 g/mol. The quantitative estimate of drug-likeness (QED) is 0.814. The molecule has 5 nitrogen and oxygen atoms in total. The van der Waals surface area contributed by atoms with Crippen LogP contribution in [0.3, 0.4) is 0 Å². The maximum absolute atomic E-state index is 11.4. The first-order valence-electron chi connectivity index (χ1n) is 5.31. The molecule has 0 amide bonds. The van der Waals surface area contributed by atoms with Crippen molar-refractivity contribution in [3.8, 4) is 0 Å². The lowest BCUT2D eigenvalue weighted by atomic mass is 10.1. The normalized spacial score (nSPS) is 28.8. The van der Waals surface area contributed by atoms with Gasteiger partial charge in [-0.1, -0.05) is 13.8 Å². The average Bonchev–Trinajstić information content (AvgIpc) is 2.69. The third-order valence-corrected chi connectivity index (χ3v) is 4.62. The van der Waals surface area contributed by atoms with E-state index < -0.39 is 22.0 Å². The Morgan fingerprint density at radius 3 is 2.62 bits per heavy atom. The standard InChI is InChI=1S/C10H16N2O3S/c1-7(2)8-3-11-12(4-8)9-5-16(14,15)6-10(9)13/h3-4,7,9-10,13H,5-6H2,1-2H3/t9?,10-/m1/s1. The van der Waals surface area contributed by atoms with E-state index in [-0.39, 0.29) is 11.5 Å². The molecule has 2 rings (SSSR count). The van der Waals surface area contributed by atoms with E-state index >= 15 is 0 Å². The molecule has 1 unspecified atom stereocenters. The summed E-state index contributed by atoms with van der Waals surface area (Å²) in [6, 6.07) is -0.433. The Morgan fingerprint density at radius 1 is 1.50 bits per heavy atom. The molecule has 0 spiro atoms. The van der Waals surface area contributed by atoms with Gasteiger partial charge in [-0.3, -0.25) is 4.68 Å². The van der Waals surface area contributed by atoms with Gasteiger partial charge in [0.2, 0.25) is 0 Å². The molecule has 0 aliphatic carbocycles. The predicted molar refractivity (Wildman–Crippen MR) is 60.0 cm³/mol. The lowest BCUT2D eigenvalue weighted by Crippen LogP contribution is -2.22. The summed E-state index contributed by atoms with van der Waals surface area (Å²) in [5.41, 5.74) is 1.05. The van der Waals surface area contributed by atoms with Crippen LogP contribution in [0.4, 0.5) is 0 Å². The third-order valence-electron chi connectivity index (χ3n) is 2.92. The van der Waals surface area contributed by atoms with Crippen molar-refractivity contribution in [2.45, 2.75) is 31.9 Å². The van der Waals surface area contributed by atoms with Crippen molar-refractivity contribution in [3.05, 3.63) is 18.0 Å². The predicted octanol–water partition coefficient (Wildman–Crippen LogP) is 0.337. The van der Waals surface area contributed by atoms with E-state index in [1.165, 1.54) is 0 Å². The van der Waals surface area contributed by atoms with Crippen LogP contribution in [0.1, 0.15) is 31.4 Å². The Kier molecular flexibility index (Phi) is 2.79. The van der Waals surface area contributed by atoms with Crippen LogP contribution < -0.4 is 0 Å². The molecule has 1 aromatic heterocycles. The second-order valence-corrected chi connectivity index (χ2v) is 6.77. The summed E-state index contributed by atoms with van der Waals surface area (Å²) in [5.74, 6) is 0.172. The van der Waals surface area contributed by atoms with Crippen molar-refractivity contribution in [1.82, 2.24) is 9.78 Å². The Balaban J connectivity index is 2.25. The second kappa shape index (κ2) is 3.85. The molecule has 0 saturated carbocycles. The molecule has 2 atom stereocenters. The molecule has 1 N–H and O–H groups in total. The van der Waals surface area contributed by atoms with Crippen LogP contribution in [0.25, 0.3) is 0 Å². The van der Waals surface area contributed by atoms with E-state index in [0.29, 0.717) is 5.92 Å². The number of aliphatic hydroxyl groups is 1. The summed E-state index contributed by atoms with van der Waals surface area (Å²) < 4.78 is 24.3. The first-order valence-corrected chi connectivity index (χ1v) is 7.14. The van der Waals surface area contributed by atoms with Gasteiger partial charge in [0.25, 0.3) is 0 Å². The molecule has 0 radical (unpaired) electrons. The SMILES string of the molecule is CC(C)c1cnn(C2CS(=O)(=O)C[C@H]2O)c1. The highest BCUT2D eigenvalue weighted by atomic mass is 32.2. The highest BCUT2D eigenvalue weighted by Gasteiger charge is 2.38.